The second-order valence-electron chi connectivity index (χ2n) is 4.65. The first kappa shape index (κ1) is 9.97. The summed E-state index contributed by atoms with van der Waals surface area (Å²) in [6.45, 7) is 0. The molecule has 2 rings (SSSR count). The van der Waals surface area contributed by atoms with Crippen molar-refractivity contribution >= 4 is 5.97 Å². The molecule has 4 unspecified atom stereocenters. The molecule has 14 heavy (non-hydrogen) atoms. The van der Waals surface area contributed by atoms with Crippen molar-refractivity contribution in [3.8, 4) is 0 Å². The Balaban J connectivity index is 2.06. The van der Waals surface area contributed by atoms with Gasteiger partial charge in [-0.3, -0.25) is 4.79 Å². The van der Waals surface area contributed by atoms with Crippen molar-refractivity contribution in [1.82, 2.24) is 0 Å². The number of fused-ring (bicyclic) bond motifs is 1. The number of carbonyl (C=O) groups is 1. The lowest BCUT2D eigenvalue weighted by molar-refractivity contribution is -0.145. The highest BCUT2D eigenvalue weighted by molar-refractivity contribution is 5.73. The van der Waals surface area contributed by atoms with Gasteiger partial charge in [-0.25, -0.2) is 0 Å². The Morgan fingerprint density at radius 2 is 2.07 bits per heavy atom. The lowest BCUT2D eigenvalue weighted by Gasteiger charge is -2.27. The van der Waals surface area contributed by atoms with Crippen molar-refractivity contribution in [1.29, 1.82) is 0 Å². The van der Waals surface area contributed by atoms with Gasteiger partial charge in [-0.1, -0.05) is 19.3 Å². The molecule has 0 spiro atoms. The van der Waals surface area contributed by atoms with Gasteiger partial charge in [0.15, 0.2) is 0 Å². The maximum atomic E-state index is 11.5. The van der Waals surface area contributed by atoms with E-state index in [1.807, 2.05) is 0 Å². The number of methoxy groups -OCH3 is 1. The number of hydrogen-bond acceptors (Lipinski definition) is 3. The van der Waals surface area contributed by atoms with E-state index in [4.69, 9.17) is 10.5 Å². The van der Waals surface area contributed by atoms with Gasteiger partial charge < -0.3 is 10.5 Å². The van der Waals surface area contributed by atoms with Crippen LogP contribution in [0.2, 0.25) is 0 Å². The molecule has 2 aliphatic carbocycles. The Bertz CT molecular complexity index is 229. The highest BCUT2D eigenvalue weighted by Gasteiger charge is 2.45. The molecule has 2 fully saturated rings. The molecule has 2 N–H and O–H groups in total. The van der Waals surface area contributed by atoms with Crippen molar-refractivity contribution in [3.63, 3.8) is 0 Å². The fraction of sp³-hybridized carbons (Fsp3) is 0.909. The average molecular weight is 197 g/mol. The van der Waals surface area contributed by atoms with Gasteiger partial charge in [-0.15, -0.1) is 0 Å². The summed E-state index contributed by atoms with van der Waals surface area (Å²) in [5, 5.41) is 0. The Morgan fingerprint density at radius 1 is 1.36 bits per heavy atom. The van der Waals surface area contributed by atoms with Crippen LogP contribution in [-0.2, 0) is 9.53 Å². The molecule has 3 nitrogen and oxygen atoms in total. The minimum atomic E-state index is -0.105. The molecule has 0 saturated heterocycles. The lowest BCUT2D eigenvalue weighted by atomic mass is 9.80. The van der Waals surface area contributed by atoms with Gasteiger partial charge in [0.25, 0.3) is 0 Å². The predicted molar refractivity (Wildman–Crippen MR) is 53.5 cm³/mol. The SMILES string of the molecule is COC(=O)C1CC2CCCCC2C1N. The molecule has 0 radical (unpaired) electrons. The van der Waals surface area contributed by atoms with Gasteiger partial charge in [0.2, 0.25) is 0 Å². The van der Waals surface area contributed by atoms with E-state index in [1.165, 1.54) is 32.8 Å². The Hall–Kier alpha value is -0.570. The van der Waals surface area contributed by atoms with Crippen LogP contribution < -0.4 is 5.73 Å². The van der Waals surface area contributed by atoms with E-state index in [1.54, 1.807) is 0 Å². The van der Waals surface area contributed by atoms with Crippen molar-refractivity contribution in [2.24, 2.45) is 23.5 Å². The predicted octanol–water partition coefficient (Wildman–Crippen LogP) is 1.31. The summed E-state index contributed by atoms with van der Waals surface area (Å²) in [5.41, 5.74) is 6.11. The van der Waals surface area contributed by atoms with E-state index >= 15 is 0 Å². The van der Waals surface area contributed by atoms with Crippen molar-refractivity contribution in [2.45, 2.75) is 38.1 Å². The van der Waals surface area contributed by atoms with Gasteiger partial charge >= 0.3 is 5.97 Å². The molecular weight excluding hydrogens is 178 g/mol. The normalized spacial score (nSPS) is 41.9. The molecule has 4 atom stereocenters. The molecule has 0 aliphatic heterocycles. The topological polar surface area (TPSA) is 52.3 Å². The molecule has 0 bridgehead atoms. The van der Waals surface area contributed by atoms with Gasteiger partial charge in [-0.05, 0) is 24.7 Å². The molecule has 0 aromatic heterocycles. The number of nitrogens with two attached hydrogens (primary N) is 1. The number of hydrogen-bond donors (Lipinski definition) is 1. The molecule has 0 amide bonds. The van der Waals surface area contributed by atoms with E-state index < -0.39 is 0 Å². The van der Waals surface area contributed by atoms with E-state index in [9.17, 15) is 4.79 Å². The lowest BCUT2D eigenvalue weighted by Crippen LogP contribution is -2.37. The first-order valence-corrected chi connectivity index (χ1v) is 5.57. The van der Waals surface area contributed by atoms with Crippen LogP contribution in [0.15, 0.2) is 0 Å². The third-order valence-electron chi connectivity index (χ3n) is 3.99. The van der Waals surface area contributed by atoms with Crippen LogP contribution in [0.5, 0.6) is 0 Å². The van der Waals surface area contributed by atoms with Crippen LogP contribution in [0.3, 0.4) is 0 Å². The van der Waals surface area contributed by atoms with Gasteiger partial charge in [0.1, 0.15) is 0 Å². The average Bonchev–Trinajstić information content (AvgIpc) is 2.56. The minimum Gasteiger partial charge on any atom is -0.469 e. The molecule has 0 aromatic carbocycles. The van der Waals surface area contributed by atoms with Crippen LogP contribution in [0.25, 0.3) is 0 Å². The van der Waals surface area contributed by atoms with Crippen molar-refractivity contribution in [2.75, 3.05) is 7.11 Å². The summed E-state index contributed by atoms with van der Waals surface area (Å²) in [5.74, 6) is 1.12. The maximum absolute atomic E-state index is 11.5. The molecule has 2 aliphatic rings. The first-order valence-electron chi connectivity index (χ1n) is 5.57. The zero-order valence-electron chi connectivity index (χ0n) is 8.74. The molecule has 0 heterocycles. The third kappa shape index (κ3) is 1.54. The Kier molecular flexibility index (Phi) is 2.77. The van der Waals surface area contributed by atoms with Gasteiger partial charge in [0, 0.05) is 6.04 Å². The summed E-state index contributed by atoms with van der Waals surface area (Å²) in [6, 6.07) is 0.0488. The number of esters is 1. The second-order valence-corrected chi connectivity index (χ2v) is 4.65. The van der Waals surface area contributed by atoms with Crippen LogP contribution in [-0.4, -0.2) is 19.1 Å². The second kappa shape index (κ2) is 3.89. The molecule has 0 aromatic rings. The van der Waals surface area contributed by atoms with E-state index in [2.05, 4.69) is 0 Å². The summed E-state index contributed by atoms with van der Waals surface area (Å²) >= 11 is 0. The van der Waals surface area contributed by atoms with Gasteiger partial charge in [0.05, 0.1) is 13.0 Å². The Labute approximate surface area is 85.0 Å². The monoisotopic (exact) mass is 197 g/mol. The fourth-order valence-corrected chi connectivity index (χ4v) is 3.22. The molecule has 80 valence electrons. The highest BCUT2D eigenvalue weighted by Crippen LogP contribution is 2.44. The first-order chi connectivity index (χ1) is 6.74. The molecular formula is C11H19NO2. The standard InChI is InChI=1S/C11H19NO2/c1-14-11(13)9-6-7-4-2-3-5-8(7)10(9)12/h7-10H,2-6,12H2,1H3. The summed E-state index contributed by atoms with van der Waals surface area (Å²) in [7, 11) is 1.46. The van der Waals surface area contributed by atoms with Crippen molar-refractivity contribution in [3.05, 3.63) is 0 Å². The largest absolute Gasteiger partial charge is 0.469 e. The van der Waals surface area contributed by atoms with E-state index in [-0.39, 0.29) is 17.9 Å². The number of ether oxygens (including phenoxy) is 1. The third-order valence-corrected chi connectivity index (χ3v) is 3.99. The summed E-state index contributed by atoms with van der Waals surface area (Å²) in [4.78, 5) is 11.5. The van der Waals surface area contributed by atoms with Crippen molar-refractivity contribution < 1.29 is 9.53 Å². The minimum absolute atomic E-state index is 0.0342. The number of rotatable bonds is 1. The number of carbonyl (C=O) groups excluding carboxylic acids is 1. The van der Waals surface area contributed by atoms with Crippen LogP contribution in [0.1, 0.15) is 32.1 Å². The van der Waals surface area contributed by atoms with Crippen LogP contribution in [0.4, 0.5) is 0 Å². The zero-order chi connectivity index (χ0) is 10.1. The molecule has 2 saturated carbocycles. The van der Waals surface area contributed by atoms with E-state index in [0.29, 0.717) is 11.8 Å². The van der Waals surface area contributed by atoms with E-state index in [0.717, 1.165) is 6.42 Å². The summed E-state index contributed by atoms with van der Waals surface area (Å²) in [6.07, 6.45) is 6.01. The molecule has 3 heteroatoms. The highest BCUT2D eigenvalue weighted by atomic mass is 16.5. The zero-order valence-corrected chi connectivity index (χ0v) is 8.74. The summed E-state index contributed by atoms with van der Waals surface area (Å²) < 4.78 is 4.79. The Morgan fingerprint density at radius 3 is 2.71 bits per heavy atom. The maximum Gasteiger partial charge on any atom is 0.310 e. The quantitative estimate of drug-likeness (QED) is 0.645. The van der Waals surface area contributed by atoms with Crippen LogP contribution >= 0.6 is 0 Å². The van der Waals surface area contributed by atoms with Gasteiger partial charge in [-0.2, -0.15) is 0 Å². The smallest absolute Gasteiger partial charge is 0.310 e. The van der Waals surface area contributed by atoms with Crippen LogP contribution in [0, 0.1) is 17.8 Å². The fourth-order valence-electron chi connectivity index (χ4n) is 3.22.